The van der Waals surface area contributed by atoms with Crippen molar-refractivity contribution in [2.45, 2.75) is 27.7 Å². The second-order valence-electron chi connectivity index (χ2n) is 5.40. The SMILES string of the molecule is CCNc1cccc(NCC(C)(C)C)c1[N+](=O)[O-]. The lowest BCUT2D eigenvalue weighted by Crippen LogP contribution is -2.19. The molecular formula is C13H21N3O2. The van der Waals surface area contributed by atoms with Gasteiger partial charge in [-0.05, 0) is 24.5 Å². The normalized spacial score (nSPS) is 11.1. The van der Waals surface area contributed by atoms with Crippen LogP contribution in [-0.2, 0) is 0 Å². The molecule has 0 heterocycles. The topological polar surface area (TPSA) is 67.2 Å². The Kier molecular flexibility index (Phi) is 4.53. The van der Waals surface area contributed by atoms with Crippen molar-refractivity contribution in [1.82, 2.24) is 0 Å². The number of hydrogen-bond donors (Lipinski definition) is 2. The lowest BCUT2D eigenvalue weighted by atomic mass is 9.97. The third-order valence-electron chi connectivity index (χ3n) is 2.39. The van der Waals surface area contributed by atoms with Crippen molar-refractivity contribution in [3.8, 4) is 0 Å². The van der Waals surface area contributed by atoms with Crippen molar-refractivity contribution in [3.05, 3.63) is 28.3 Å². The maximum Gasteiger partial charge on any atom is 0.315 e. The number of anilines is 2. The number of nitro groups is 1. The zero-order valence-electron chi connectivity index (χ0n) is 11.4. The first-order valence-electron chi connectivity index (χ1n) is 6.10. The lowest BCUT2D eigenvalue weighted by Gasteiger charge is -2.20. The molecule has 0 bridgehead atoms. The van der Waals surface area contributed by atoms with Gasteiger partial charge in [-0.3, -0.25) is 10.1 Å². The highest BCUT2D eigenvalue weighted by Gasteiger charge is 2.20. The molecule has 0 atom stereocenters. The summed E-state index contributed by atoms with van der Waals surface area (Å²) in [6, 6.07) is 5.28. The van der Waals surface area contributed by atoms with Crippen LogP contribution in [-0.4, -0.2) is 18.0 Å². The fourth-order valence-electron chi connectivity index (χ4n) is 1.58. The number of rotatable bonds is 5. The lowest BCUT2D eigenvalue weighted by molar-refractivity contribution is -0.383. The Hall–Kier alpha value is -1.78. The van der Waals surface area contributed by atoms with Crippen LogP contribution < -0.4 is 10.6 Å². The highest BCUT2D eigenvalue weighted by molar-refractivity contribution is 5.76. The van der Waals surface area contributed by atoms with Gasteiger partial charge in [-0.1, -0.05) is 26.8 Å². The maximum atomic E-state index is 11.2. The molecule has 5 heteroatoms. The summed E-state index contributed by atoms with van der Waals surface area (Å²) in [6.07, 6.45) is 0. The van der Waals surface area contributed by atoms with Gasteiger partial charge in [0.2, 0.25) is 0 Å². The van der Waals surface area contributed by atoms with E-state index >= 15 is 0 Å². The molecule has 0 fully saturated rings. The van der Waals surface area contributed by atoms with Crippen LogP contribution in [0, 0.1) is 15.5 Å². The van der Waals surface area contributed by atoms with Crippen molar-refractivity contribution >= 4 is 17.1 Å². The predicted molar refractivity (Wildman–Crippen MR) is 75.2 cm³/mol. The van der Waals surface area contributed by atoms with E-state index < -0.39 is 0 Å². The molecule has 0 aromatic heterocycles. The third kappa shape index (κ3) is 3.91. The monoisotopic (exact) mass is 251 g/mol. The molecule has 1 aromatic rings. The van der Waals surface area contributed by atoms with Gasteiger partial charge in [0.05, 0.1) is 4.92 Å². The van der Waals surface area contributed by atoms with Crippen LogP contribution in [0.5, 0.6) is 0 Å². The highest BCUT2D eigenvalue weighted by Crippen LogP contribution is 2.33. The van der Waals surface area contributed by atoms with Gasteiger partial charge in [0.1, 0.15) is 11.4 Å². The van der Waals surface area contributed by atoms with Crippen molar-refractivity contribution in [1.29, 1.82) is 0 Å². The molecule has 1 aromatic carbocycles. The Morgan fingerprint density at radius 1 is 1.22 bits per heavy atom. The van der Waals surface area contributed by atoms with Crippen molar-refractivity contribution in [2.75, 3.05) is 23.7 Å². The van der Waals surface area contributed by atoms with E-state index in [1.54, 1.807) is 12.1 Å². The van der Waals surface area contributed by atoms with E-state index in [1.807, 2.05) is 13.0 Å². The van der Waals surface area contributed by atoms with Crippen LogP contribution in [0.4, 0.5) is 17.1 Å². The molecule has 0 radical (unpaired) electrons. The van der Waals surface area contributed by atoms with E-state index in [-0.39, 0.29) is 16.0 Å². The summed E-state index contributed by atoms with van der Waals surface area (Å²) >= 11 is 0. The van der Waals surface area contributed by atoms with Gasteiger partial charge in [-0.15, -0.1) is 0 Å². The summed E-state index contributed by atoms with van der Waals surface area (Å²) in [7, 11) is 0. The van der Waals surface area contributed by atoms with Crippen LogP contribution in [0.15, 0.2) is 18.2 Å². The molecule has 0 aliphatic carbocycles. The van der Waals surface area contributed by atoms with Gasteiger partial charge >= 0.3 is 5.69 Å². The van der Waals surface area contributed by atoms with Crippen LogP contribution >= 0.6 is 0 Å². The van der Waals surface area contributed by atoms with Crippen molar-refractivity contribution in [2.24, 2.45) is 5.41 Å². The van der Waals surface area contributed by atoms with Crippen LogP contribution in [0.2, 0.25) is 0 Å². The van der Waals surface area contributed by atoms with E-state index in [2.05, 4.69) is 31.4 Å². The molecule has 0 unspecified atom stereocenters. The number of hydrogen-bond acceptors (Lipinski definition) is 4. The second kappa shape index (κ2) is 5.71. The van der Waals surface area contributed by atoms with Gasteiger partial charge in [-0.2, -0.15) is 0 Å². The number of nitro benzene ring substituents is 1. The first kappa shape index (κ1) is 14.3. The van der Waals surface area contributed by atoms with Crippen LogP contribution in [0.3, 0.4) is 0 Å². The average Bonchev–Trinajstić information content (AvgIpc) is 2.25. The maximum absolute atomic E-state index is 11.2. The minimum absolute atomic E-state index is 0.0715. The summed E-state index contributed by atoms with van der Waals surface area (Å²) in [5.74, 6) is 0. The van der Waals surface area contributed by atoms with Crippen LogP contribution in [0.25, 0.3) is 0 Å². The first-order chi connectivity index (χ1) is 8.35. The van der Waals surface area contributed by atoms with Gasteiger partial charge in [0.15, 0.2) is 0 Å². The molecule has 2 N–H and O–H groups in total. The number of para-hydroxylation sites is 1. The van der Waals surface area contributed by atoms with Crippen molar-refractivity contribution < 1.29 is 4.92 Å². The molecule has 1 rings (SSSR count). The molecule has 0 aliphatic heterocycles. The van der Waals surface area contributed by atoms with E-state index in [4.69, 9.17) is 0 Å². The number of nitrogens with one attached hydrogen (secondary N) is 2. The Morgan fingerprint density at radius 2 is 1.78 bits per heavy atom. The highest BCUT2D eigenvalue weighted by atomic mass is 16.6. The van der Waals surface area contributed by atoms with Gasteiger partial charge in [-0.25, -0.2) is 0 Å². The van der Waals surface area contributed by atoms with Gasteiger partial charge in [0, 0.05) is 13.1 Å². The average molecular weight is 251 g/mol. The zero-order valence-corrected chi connectivity index (χ0v) is 11.4. The molecule has 0 saturated heterocycles. The van der Waals surface area contributed by atoms with E-state index in [9.17, 15) is 10.1 Å². The summed E-state index contributed by atoms with van der Waals surface area (Å²) < 4.78 is 0. The predicted octanol–water partition coefficient (Wildman–Crippen LogP) is 3.48. The van der Waals surface area contributed by atoms with E-state index in [0.717, 1.165) is 0 Å². The fourth-order valence-corrected chi connectivity index (χ4v) is 1.58. The summed E-state index contributed by atoms with van der Waals surface area (Å²) in [4.78, 5) is 10.8. The number of nitrogens with zero attached hydrogens (tertiary/aromatic N) is 1. The van der Waals surface area contributed by atoms with E-state index in [0.29, 0.717) is 24.5 Å². The van der Waals surface area contributed by atoms with Crippen LogP contribution in [0.1, 0.15) is 27.7 Å². The quantitative estimate of drug-likeness (QED) is 0.621. The Bertz CT molecular complexity index is 425. The molecule has 0 spiro atoms. The van der Waals surface area contributed by atoms with Gasteiger partial charge < -0.3 is 10.6 Å². The summed E-state index contributed by atoms with van der Waals surface area (Å²) in [5.41, 5.74) is 1.31. The van der Waals surface area contributed by atoms with E-state index in [1.165, 1.54) is 0 Å². The minimum Gasteiger partial charge on any atom is -0.380 e. The zero-order chi connectivity index (χ0) is 13.8. The Balaban J connectivity index is 3.03. The fraction of sp³-hybridized carbons (Fsp3) is 0.538. The molecule has 0 amide bonds. The summed E-state index contributed by atoms with van der Waals surface area (Å²) in [6.45, 7) is 9.51. The molecule has 100 valence electrons. The molecule has 0 saturated carbocycles. The standard InChI is InChI=1S/C13H21N3O2/c1-5-14-10-7-6-8-11(12(10)16(17)18)15-9-13(2,3)4/h6-8,14-15H,5,9H2,1-4H3. The molecule has 18 heavy (non-hydrogen) atoms. The Labute approximate surface area is 108 Å². The number of benzene rings is 1. The smallest absolute Gasteiger partial charge is 0.315 e. The summed E-state index contributed by atoms with van der Waals surface area (Å²) in [5, 5.41) is 17.3. The van der Waals surface area contributed by atoms with Gasteiger partial charge in [0.25, 0.3) is 0 Å². The Morgan fingerprint density at radius 3 is 2.22 bits per heavy atom. The molecule has 5 nitrogen and oxygen atoms in total. The van der Waals surface area contributed by atoms with Crippen molar-refractivity contribution in [3.63, 3.8) is 0 Å². The molecular weight excluding hydrogens is 230 g/mol. The molecule has 0 aliphatic rings. The minimum atomic E-state index is -0.344. The second-order valence-corrected chi connectivity index (χ2v) is 5.40. The third-order valence-corrected chi connectivity index (χ3v) is 2.39. The largest absolute Gasteiger partial charge is 0.380 e. The first-order valence-corrected chi connectivity index (χ1v) is 6.10.